The van der Waals surface area contributed by atoms with E-state index in [4.69, 9.17) is 0 Å². The van der Waals surface area contributed by atoms with Gasteiger partial charge in [-0.05, 0) is 29.9 Å². The summed E-state index contributed by atoms with van der Waals surface area (Å²) in [5.74, 6) is 0.846. The van der Waals surface area contributed by atoms with Crippen LogP contribution in [-0.2, 0) is 17.8 Å². The second kappa shape index (κ2) is 7.93. The predicted octanol–water partition coefficient (Wildman–Crippen LogP) is 2.10. The first-order chi connectivity index (χ1) is 11.2. The zero-order valence-corrected chi connectivity index (χ0v) is 13.8. The number of carbonyl (C=O) groups excluding carboxylic acids is 1. The number of β-amino-alcohol motifs (C(OH)–C–C–N with tert-alkyl or cyclic N) is 1. The van der Waals surface area contributed by atoms with Crippen LogP contribution in [0.15, 0.2) is 24.3 Å². The number of nitrogens with one attached hydrogen (secondary N) is 1. The number of hydrogen-bond donors (Lipinski definition) is 2. The summed E-state index contributed by atoms with van der Waals surface area (Å²) in [4.78, 5) is 14.1. The van der Waals surface area contributed by atoms with Crippen molar-refractivity contribution in [3.63, 3.8) is 0 Å². The maximum atomic E-state index is 11.8. The van der Waals surface area contributed by atoms with Crippen molar-refractivity contribution in [2.24, 2.45) is 5.92 Å². The lowest BCUT2D eigenvalue weighted by molar-refractivity contribution is -0.122. The number of rotatable bonds is 7. The Labute approximate surface area is 138 Å². The molecule has 126 valence electrons. The minimum Gasteiger partial charge on any atom is -0.390 e. The van der Waals surface area contributed by atoms with Gasteiger partial charge >= 0.3 is 0 Å². The Morgan fingerprint density at radius 2 is 2.09 bits per heavy atom. The summed E-state index contributed by atoms with van der Waals surface area (Å²) >= 11 is 0. The first-order valence-corrected chi connectivity index (χ1v) is 8.94. The van der Waals surface area contributed by atoms with Crippen molar-refractivity contribution in [3.05, 3.63) is 35.4 Å². The molecule has 2 N–H and O–H groups in total. The topological polar surface area (TPSA) is 52.6 Å². The van der Waals surface area contributed by atoms with Gasteiger partial charge in [-0.3, -0.25) is 9.69 Å². The molecule has 4 nitrogen and oxygen atoms in total. The van der Waals surface area contributed by atoms with Crippen LogP contribution in [0.5, 0.6) is 0 Å². The molecule has 0 bridgehead atoms. The van der Waals surface area contributed by atoms with Crippen LogP contribution in [-0.4, -0.2) is 41.7 Å². The third-order valence-corrected chi connectivity index (χ3v) is 5.22. The van der Waals surface area contributed by atoms with Crippen molar-refractivity contribution in [2.75, 3.05) is 19.6 Å². The van der Waals surface area contributed by atoms with E-state index < -0.39 is 6.10 Å². The molecule has 0 radical (unpaired) electrons. The fourth-order valence-corrected chi connectivity index (χ4v) is 3.51. The Kier molecular flexibility index (Phi) is 5.68. The minimum absolute atomic E-state index is 0.0833. The van der Waals surface area contributed by atoms with E-state index in [0.29, 0.717) is 19.5 Å². The molecule has 0 aromatic heterocycles. The molecule has 23 heavy (non-hydrogen) atoms. The van der Waals surface area contributed by atoms with Crippen LogP contribution in [0, 0.1) is 5.92 Å². The molecule has 1 heterocycles. The number of hydrogen-bond acceptors (Lipinski definition) is 3. The number of nitrogens with zero attached hydrogens (tertiary/aromatic N) is 1. The molecule has 1 fully saturated rings. The van der Waals surface area contributed by atoms with Crippen molar-refractivity contribution in [2.45, 2.75) is 51.2 Å². The molecule has 3 rings (SSSR count). The van der Waals surface area contributed by atoms with Crippen LogP contribution in [0.3, 0.4) is 0 Å². The molecule has 1 amide bonds. The minimum atomic E-state index is -0.493. The van der Waals surface area contributed by atoms with Gasteiger partial charge in [-0.25, -0.2) is 0 Å². The highest BCUT2D eigenvalue weighted by atomic mass is 16.3. The summed E-state index contributed by atoms with van der Waals surface area (Å²) in [6.07, 6.45) is 6.05. The van der Waals surface area contributed by atoms with Gasteiger partial charge in [0.15, 0.2) is 0 Å². The summed E-state index contributed by atoms with van der Waals surface area (Å²) in [5.41, 5.74) is 2.78. The van der Waals surface area contributed by atoms with E-state index in [0.717, 1.165) is 31.8 Å². The normalized spacial score (nSPS) is 19.7. The standard InChI is InChI=1S/C19H28N2O2/c22-18(12-20-19(23)9-8-15-4-3-5-15)14-21-11-10-16-6-1-2-7-17(16)13-21/h1-2,6-7,15,18,22H,3-5,8-14H2,(H,20,23). The van der Waals surface area contributed by atoms with E-state index in [2.05, 4.69) is 34.5 Å². The molecular weight excluding hydrogens is 288 g/mol. The third kappa shape index (κ3) is 4.79. The Morgan fingerprint density at radius 3 is 2.83 bits per heavy atom. The quantitative estimate of drug-likeness (QED) is 0.810. The molecule has 1 atom stereocenters. The van der Waals surface area contributed by atoms with Gasteiger partial charge in [-0.2, -0.15) is 0 Å². The van der Waals surface area contributed by atoms with Crippen LogP contribution in [0.2, 0.25) is 0 Å². The van der Waals surface area contributed by atoms with Crippen LogP contribution in [0.25, 0.3) is 0 Å². The number of fused-ring (bicyclic) bond motifs is 1. The molecule has 0 spiro atoms. The van der Waals surface area contributed by atoms with E-state index in [-0.39, 0.29) is 5.91 Å². The summed E-state index contributed by atoms with van der Waals surface area (Å²) < 4.78 is 0. The van der Waals surface area contributed by atoms with Crippen molar-refractivity contribution in [1.29, 1.82) is 0 Å². The van der Waals surface area contributed by atoms with Crippen LogP contribution in [0.4, 0.5) is 0 Å². The number of aliphatic hydroxyl groups is 1. The summed E-state index contributed by atoms with van der Waals surface area (Å²) in [6, 6.07) is 8.51. The monoisotopic (exact) mass is 316 g/mol. The fraction of sp³-hybridized carbons (Fsp3) is 0.632. The van der Waals surface area contributed by atoms with Crippen molar-refractivity contribution in [3.8, 4) is 0 Å². The Balaban J connectivity index is 1.34. The maximum absolute atomic E-state index is 11.8. The van der Waals surface area contributed by atoms with E-state index in [1.54, 1.807) is 0 Å². The second-order valence-electron chi connectivity index (χ2n) is 7.05. The smallest absolute Gasteiger partial charge is 0.220 e. The molecule has 4 heteroatoms. The average Bonchev–Trinajstić information content (AvgIpc) is 2.51. The summed E-state index contributed by atoms with van der Waals surface area (Å²) in [7, 11) is 0. The molecule has 1 aliphatic carbocycles. The van der Waals surface area contributed by atoms with Gasteiger partial charge in [0.25, 0.3) is 0 Å². The van der Waals surface area contributed by atoms with Gasteiger partial charge in [0, 0.05) is 32.6 Å². The zero-order valence-electron chi connectivity index (χ0n) is 13.8. The van der Waals surface area contributed by atoms with E-state index in [1.165, 1.54) is 30.4 Å². The van der Waals surface area contributed by atoms with Crippen molar-refractivity contribution >= 4 is 5.91 Å². The molecule has 1 aromatic carbocycles. The molecule has 1 unspecified atom stereocenters. The number of aliphatic hydroxyl groups excluding tert-OH is 1. The molecular formula is C19H28N2O2. The Hall–Kier alpha value is -1.39. The second-order valence-corrected chi connectivity index (χ2v) is 7.05. The van der Waals surface area contributed by atoms with Crippen molar-refractivity contribution in [1.82, 2.24) is 10.2 Å². The van der Waals surface area contributed by atoms with E-state index in [9.17, 15) is 9.90 Å². The first kappa shape index (κ1) is 16.5. The summed E-state index contributed by atoms with van der Waals surface area (Å²) in [5, 5.41) is 13.1. The maximum Gasteiger partial charge on any atom is 0.220 e. The van der Waals surface area contributed by atoms with Gasteiger partial charge in [0.05, 0.1) is 6.10 Å². The summed E-state index contributed by atoms with van der Waals surface area (Å²) in [6.45, 7) is 2.85. The zero-order chi connectivity index (χ0) is 16.1. The highest BCUT2D eigenvalue weighted by Gasteiger charge is 2.20. The van der Waals surface area contributed by atoms with E-state index in [1.807, 2.05) is 0 Å². The highest BCUT2D eigenvalue weighted by molar-refractivity contribution is 5.75. The lowest BCUT2D eigenvalue weighted by Crippen LogP contribution is -2.42. The Bertz CT molecular complexity index is 528. The van der Waals surface area contributed by atoms with Gasteiger partial charge in [0.2, 0.25) is 5.91 Å². The average molecular weight is 316 g/mol. The third-order valence-electron chi connectivity index (χ3n) is 5.22. The van der Waals surface area contributed by atoms with Gasteiger partial charge in [-0.1, -0.05) is 43.5 Å². The van der Waals surface area contributed by atoms with Gasteiger partial charge in [0.1, 0.15) is 0 Å². The first-order valence-electron chi connectivity index (χ1n) is 8.94. The molecule has 2 aliphatic rings. The number of benzene rings is 1. The van der Waals surface area contributed by atoms with Crippen LogP contribution < -0.4 is 5.32 Å². The lowest BCUT2D eigenvalue weighted by Gasteiger charge is -2.30. The van der Waals surface area contributed by atoms with Gasteiger partial charge < -0.3 is 10.4 Å². The molecule has 0 saturated heterocycles. The largest absolute Gasteiger partial charge is 0.390 e. The highest BCUT2D eigenvalue weighted by Crippen LogP contribution is 2.30. The number of amides is 1. The Morgan fingerprint density at radius 1 is 1.30 bits per heavy atom. The molecule has 1 aromatic rings. The predicted molar refractivity (Wildman–Crippen MR) is 91.0 cm³/mol. The number of carbonyl (C=O) groups is 1. The molecule has 1 aliphatic heterocycles. The SMILES string of the molecule is O=C(CCC1CCC1)NCC(O)CN1CCc2ccccc2C1. The fourth-order valence-electron chi connectivity index (χ4n) is 3.51. The molecule has 1 saturated carbocycles. The van der Waals surface area contributed by atoms with Crippen LogP contribution >= 0.6 is 0 Å². The van der Waals surface area contributed by atoms with Crippen molar-refractivity contribution < 1.29 is 9.90 Å². The van der Waals surface area contributed by atoms with Crippen LogP contribution in [0.1, 0.15) is 43.2 Å². The lowest BCUT2D eigenvalue weighted by atomic mass is 9.82. The van der Waals surface area contributed by atoms with Gasteiger partial charge in [-0.15, -0.1) is 0 Å². The van der Waals surface area contributed by atoms with E-state index >= 15 is 0 Å².